The number of benzene rings is 1. The van der Waals surface area contributed by atoms with Gasteiger partial charge >= 0.3 is 0 Å². The smallest absolute Gasteiger partial charge is 0.281 e. The maximum atomic E-state index is 12.4. The van der Waals surface area contributed by atoms with Crippen LogP contribution >= 0.6 is 0 Å². The van der Waals surface area contributed by atoms with Gasteiger partial charge in [0.15, 0.2) is 11.2 Å². The molecule has 0 fully saturated rings. The summed E-state index contributed by atoms with van der Waals surface area (Å²) in [6.07, 6.45) is 9.00. The Balaban J connectivity index is 1.55. The second kappa shape index (κ2) is 6.04. The zero-order valence-electron chi connectivity index (χ0n) is 12.8. The first-order valence-electron chi connectivity index (χ1n) is 7.56. The Hall–Kier alpha value is -3.35. The number of hydrogen-bond acceptors (Lipinski definition) is 5. The number of hydrogen-bond donors (Lipinski definition) is 0. The van der Waals surface area contributed by atoms with E-state index in [1.54, 1.807) is 4.57 Å². The van der Waals surface area contributed by atoms with Crippen molar-refractivity contribution in [1.82, 2.24) is 29.3 Å². The molecule has 0 atom stereocenters. The van der Waals surface area contributed by atoms with E-state index < -0.39 is 0 Å². The lowest BCUT2D eigenvalue weighted by Crippen LogP contribution is -2.22. The molecular weight excluding hydrogens is 304 g/mol. The highest BCUT2D eigenvalue weighted by Crippen LogP contribution is 2.08. The van der Waals surface area contributed by atoms with E-state index in [-0.39, 0.29) is 5.56 Å². The Morgan fingerprint density at radius 3 is 2.71 bits per heavy atom. The van der Waals surface area contributed by atoms with E-state index in [4.69, 9.17) is 0 Å². The largest absolute Gasteiger partial charge is 0.297 e. The number of aromatic nitrogens is 6. The third-order valence-electron chi connectivity index (χ3n) is 3.76. The molecule has 3 aromatic heterocycles. The van der Waals surface area contributed by atoms with Crippen molar-refractivity contribution in [3.05, 3.63) is 77.4 Å². The maximum Gasteiger partial charge on any atom is 0.281 e. The zero-order valence-corrected chi connectivity index (χ0v) is 12.8. The Morgan fingerprint density at radius 1 is 1.00 bits per heavy atom. The minimum absolute atomic E-state index is 0.177. The van der Waals surface area contributed by atoms with Gasteiger partial charge in [-0.25, -0.2) is 19.6 Å². The van der Waals surface area contributed by atoms with Crippen molar-refractivity contribution in [3.63, 3.8) is 0 Å². The van der Waals surface area contributed by atoms with E-state index >= 15 is 0 Å². The Bertz CT molecular complexity index is 1040. The molecule has 7 heteroatoms. The fraction of sp³-hybridized carbons (Fsp3) is 0.118. The molecule has 0 bridgehead atoms. The SMILES string of the molecule is O=c1c2nccnc2ncn1CCc1cnn(-c2ccccc2)c1. The van der Waals surface area contributed by atoms with Gasteiger partial charge in [-0.2, -0.15) is 5.10 Å². The Labute approximate surface area is 137 Å². The third kappa shape index (κ3) is 2.67. The van der Waals surface area contributed by atoms with Crippen LogP contribution in [-0.2, 0) is 13.0 Å². The van der Waals surface area contributed by atoms with Crippen LogP contribution in [0.15, 0.2) is 66.2 Å². The lowest BCUT2D eigenvalue weighted by Gasteiger charge is -2.04. The summed E-state index contributed by atoms with van der Waals surface area (Å²) in [6, 6.07) is 9.90. The minimum atomic E-state index is -0.177. The van der Waals surface area contributed by atoms with Crippen molar-refractivity contribution in [2.75, 3.05) is 0 Å². The first kappa shape index (κ1) is 14.3. The molecule has 0 aliphatic heterocycles. The summed E-state index contributed by atoms with van der Waals surface area (Å²) in [4.78, 5) is 24.7. The highest BCUT2D eigenvalue weighted by molar-refractivity contribution is 5.66. The summed E-state index contributed by atoms with van der Waals surface area (Å²) >= 11 is 0. The van der Waals surface area contributed by atoms with Crippen LogP contribution in [0.1, 0.15) is 5.56 Å². The molecule has 1 aromatic carbocycles. The second-order valence-corrected chi connectivity index (χ2v) is 5.35. The molecule has 0 aliphatic rings. The number of fused-ring (bicyclic) bond motifs is 1. The molecule has 4 rings (SSSR count). The summed E-state index contributed by atoms with van der Waals surface area (Å²) in [7, 11) is 0. The van der Waals surface area contributed by atoms with Gasteiger partial charge in [0, 0.05) is 25.1 Å². The average Bonchev–Trinajstić information content (AvgIpc) is 3.11. The van der Waals surface area contributed by atoms with Crippen molar-refractivity contribution in [3.8, 4) is 5.69 Å². The lowest BCUT2D eigenvalue weighted by molar-refractivity contribution is 0.660. The standard InChI is InChI=1S/C17H14N6O/c24-17-15-16(19-8-7-18-15)20-12-22(17)9-6-13-10-21-23(11-13)14-4-2-1-3-5-14/h1-5,7-8,10-12H,6,9H2. The second-order valence-electron chi connectivity index (χ2n) is 5.35. The summed E-state index contributed by atoms with van der Waals surface area (Å²) < 4.78 is 3.37. The monoisotopic (exact) mass is 318 g/mol. The number of nitrogens with zero attached hydrogens (tertiary/aromatic N) is 6. The molecule has 3 heterocycles. The van der Waals surface area contributed by atoms with Gasteiger partial charge in [-0.3, -0.25) is 9.36 Å². The van der Waals surface area contributed by atoms with Crippen LogP contribution in [0.4, 0.5) is 0 Å². The van der Waals surface area contributed by atoms with Crippen molar-refractivity contribution < 1.29 is 0 Å². The number of rotatable bonds is 4. The molecule has 4 aromatic rings. The van der Waals surface area contributed by atoms with E-state index in [1.165, 1.54) is 18.7 Å². The highest BCUT2D eigenvalue weighted by atomic mass is 16.1. The van der Waals surface area contributed by atoms with Crippen LogP contribution in [0.2, 0.25) is 0 Å². The molecule has 0 spiro atoms. The Morgan fingerprint density at radius 2 is 1.83 bits per heavy atom. The van der Waals surface area contributed by atoms with Crippen molar-refractivity contribution in [1.29, 1.82) is 0 Å². The van der Waals surface area contributed by atoms with Gasteiger partial charge in [0.2, 0.25) is 0 Å². The van der Waals surface area contributed by atoms with E-state index in [0.29, 0.717) is 24.1 Å². The zero-order chi connectivity index (χ0) is 16.4. The van der Waals surface area contributed by atoms with Crippen molar-refractivity contribution >= 4 is 11.2 Å². The molecule has 118 valence electrons. The topological polar surface area (TPSA) is 78.5 Å². The fourth-order valence-electron chi connectivity index (χ4n) is 2.51. The molecule has 0 N–H and O–H groups in total. The molecular formula is C17H14N6O. The van der Waals surface area contributed by atoms with Gasteiger partial charge in [-0.1, -0.05) is 18.2 Å². The number of aryl methyl sites for hydroxylation is 2. The van der Waals surface area contributed by atoms with Crippen LogP contribution in [-0.4, -0.2) is 29.3 Å². The molecule has 24 heavy (non-hydrogen) atoms. The van der Waals surface area contributed by atoms with Gasteiger partial charge in [0.05, 0.1) is 11.9 Å². The minimum Gasteiger partial charge on any atom is -0.297 e. The molecule has 7 nitrogen and oxygen atoms in total. The van der Waals surface area contributed by atoms with Crippen LogP contribution in [0.3, 0.4) is 0 Å². The molecule has 0 amide bonds. The van der Waals surface area contributed by atoms with Gasteiger partial charge in [-0.05, 0) is 24.1 Å². The molecule has 0 saturated heterocycles. The summed E-state index contributed by atoms with van der Waals surface area (Å²) in [6.45, 7) is 0.513. The first-order valence-corrected chi connectivity index (χ1v) is 7.56. The van der Waals surface area contributed by atoms with Crippen LogP contribution in [0.5, 0.6) is 0 Å². The van der Waals surface area contributed by atoms with Gasteiger partial charge in [0.1, 0.15) is 6.33 Å². The van der Waals surface area contributed by atoms with Crippen molar-refractivity contribution in [2.24, 2.45) is 0 Å². The van der Waals surface area contributed by atoms with Gasteiger partial charge < -0.3 is 0 Å². The predicted octanol–water partition coefficient (Wildman–Crippen LogP) is 1.61. The highest BCUT2D eigenvalue weighted by Gasteiger charge is 2.07. The van der Waals surface area contributed by atoms with E-state index in [9.17, 15) is 4.79 Å². The molecule has 0 aliphatic carbocycles. The maximum absolute atomic E-state index is 12.4. The van der Waals surface area contributed by atoms with E-state index in [2.05, 4.69) is 20.1 Å². The van der Waals surface area contributed by atoms with E-state index in [1.807, 2.05) is 47.4 Å². The quantitative estimate of drug-likeness (QED) is 0.571. The van der Waals surface area contributed by atoms with Gasteiger partial charge in [0.25, 0.3) is 5.56 Å². The predicted molar refractivity (Wildman–Crippen MR) is 88.9 cm³/mol. The summed E-state index contributed by atoms with van der Waals surface area (Å²) in [5.74, 6) is 0. The summed E-state index contributed by atoms with van der Waals surface area (Å²) in [5.41, 5.74) is 2.53. The lowest BCUT2D eigenvalue weighted by atomic mass is 10.2. The van der Waals surface area contributed by atoms with E-state index in [0.717, 1.165) is 11.3 Å². The van der Waals surface area contributed by atoms with Crippen molar-refractivity contribution in [2.45, 2.75) is 13.0 Å². The normalized spacial score (nSPS) is 11.0. The third-order valence-corrected chi connectivity index (χ3v) is 3.76. The molecule has 0 radical (unpaired) electrons. The first-order chi connectivity index (χ1) is 11.8. The van der Waals surface area contributed by atoms with Crippen LogP contribution in [0.25, 0.3) is 16.9 Å². The average molecular weight is 318 g/mol. The van der Waals surface area contributed by atoms with Gasteiger partial charge in [-0.15, -0.1) is 0 Å². The summed E-state index contributed by atoms with van der Waals surface area (Å²) in [5, 5.41) is 4.36. The molecule has 0 saturated carbocycles. The Kier molecular flexibility index (Phi) is 3.59. The number of para-hydroxylation sites is 1. The van der Waals surface area contributed by atoms with Crippen LogP contribution < -0.4 is 5.56 Å². The fourth-order valence-corrected chi connectivity index (χ4v) is 2.51. The van der Waals surface area contributed by atoms with Crippen LogP contribution in [0, 0.1) is 0 Å². The molecule has 0 unspecified atom stereocenters.